The molecule has 0 spiro atoms. The van der Waals surface area contributed by atoms with Crippen LogP contribution in [0.5, 0.6) is 0 Å². The van der Waals surface area contributed by atoms with Crippen molar-refractivity contribution in [3.8, 4) is 0 Å². The molecule has 0 saturated carbocycles. The zero-order valence-electron chi connectivity index (χ0n) is 9.53. The van der Waals surface area contributed by atoms with Crippen molar-refractivity contribution in [3.05, 3.63) is 23.7 Å². The lowest BCUT2D eigenvalue weighted by Gasteiger charge is -2.09. The van der Waals surface area contributed by atoms with E-state index in [1.807, 2.05) is 11.8 Å². The predicted molar refractivity (Wildman–Crippen MR) is 71.9 cm³/mol. The molecule has 0 aliphatic rings. The Bertz CT molecular complexity index is 266. The Morgan fingerprint density at radius 2 is 2.07 bits per heavy atom. The predicted octanol–water partition coefficient (Wildman–Crippen LogP) is 4.03. The zero-order chi connectivity index (χ0) is 11.1. The Hall–Kier alpha value is -0.0200. The highest BCUT2D eigenvalue weighted by Gasteiger charge is 2.05. The van der Waals surface area contributed by atoms with Gasteiger partial charge in [0, 0.05) is 6.42 Å². The minimum atomic E-state index is 0.735. The molecule has 0 saturated heterocycles. The summed E-state index contributed by atoms with van der Waals surface area (Å²) < 4.78 is 5.64. The van der Waals surface area contributed by atoms with Crippen LogP contribution in [-0.2, 0) is 12.2 Å². The van der Waals surface area contributed by atoms with Crippen molar-refractivity contribution in [1.29, 1.82) is 0 Å². The molecule has 1 rings (SSSR count). The number of hydrogen-bond donors (Lipinski definition) is 1. The third-order valence-corrected chi connectivity index (χ3v) is 4.21. The van der Waals surface area contributed by atoms with Crippen LogP contribution in [-0.4, -0.2) is 11.5 Å². The first kappa shape index (κ1) is 13.0. The first-order chi connectivity index (χ1) is 7.30. The molecule has 1 aromatic rings. The molecular weight excluding hydrogens is 224 g/mol. The maximum Gasteiger partial charge on any atom is 0.114 e. The van der Waals surface area contributed by atoms with E-state index in [2.05, 4.69) is 38.6 Å². The molecular formula is C12H20OS2. The summed E-state index contributed by atoms with van der Waals surface area (Å²) in [6, 6.07) is 4.17. The standard InChI is InChI=1S/C12H20OS2/c1-3-10(7-14)8-15-9-12-6-5-11(4-2)13-12/h5-6,10,14H,3-4,7-9H2,1-2H3. The Morgan fingerprint density at radius 1 is 1.33 bits per heavy atom. The molecule has 0 bridgehead atoms. The van der Waals surface area contributed by atoms with Crippen molar-refractivity contribution in [2.24, 2.45) is 5.92 Å². The van der Waals surface area contributed by atoms with Crippen LogP contribution in [0.25, 0.3) is 0 Å². The van der Waals surface area contributed by atoms with Gasteiger partial charge in [0.15, 0.2) is 0 Å². The molecule has 1 nitrogen and oxygen atoms in total. The van der Waals surface area contributed by atoms with Gasteiger partial charge in [0.05, 0.1) is 5.75 Å². The van der Waals surface area contributed by atoms with Gasteiger partial charge in [-0.05, 0) is 29.6 Å². The monoisotopic (exact) mass is 244 g/mol. The summed E-state index contributed by atoms with van der Waals surface area (Å²) >= 11 is 6.28. The molecule has 0 amide bonds. The Kier molecular flexibility index (Phi) is 6.34. The Labute approximate surface area is 102 Å². The highest BCUT2D eigenvalue weighted by atomic mass is 32.2. The van der Waals surface area contributed by atoms with Crippen LogP contribution in [0.1, 0.15) is 31.8 Å². The van der Waals surface area contributed by atoms with Crippen molar-refractivity contribution in [2.45, 2.75) is 32.4 Å². The van der Waals surface area contributed by atoms with Gasteiger partial charge in [0.2, 0.25) is 0 Å². The van der Waals surface area contributed by atoms with Crippen LogP contribution in [0.15, 0.2) is 16.5 Å². The first-order valence-electron chi connectivity index (χ1n) is 5.56. The molecule has 0 aliphatic carbocycles. The number of hydrogen-bond acceptors (Lipinski definition) is 3. The molecule has 1 atom stereocenters. The summed E-state index contributed by atoms with van der Waals surface area (Å²) in [5.74, 6) is 6.09. The molecule has 1 heterocycles. The second-order valence-corrected chi connectivity index (χ2v) is 5.09. The van der Waals surface area contributed by atoms with Crippen molar-refractivity contribution in [1.82, 2.24) is 0 Å². The highest BCUT2D eigenvalue weighted by Crippen LogP contribution is 2.19. The van der Waals surface area contributed by atoms with Gasteiger partial charge in [-0.3, -0.25) is 0 Å². The molecule has 1 unspecified atom stereocenters. The van der Waals surface area contributed by atoms with E-state index < -0.39 is 0 Å². The first-order valence-corrected chi connectivity index (χ1v) is 7.35. The molecule has 0 aliphatic heterocycles. The quantitative estimate of drug-likeness (QED) is 0.727. The molecule has 0 N–H and O–H groups in total. The summed E-state index contributed by atoms with van der Waals surface area (Å²) in [7, 11) is 0. The van der Waals surface area contributed by atoms with Crippen LogP contribution in [0.4, 0.5) is 0 Å². The normalized spacial score (nSPS) is 13.0. The van der Waals surface area contributed by atoms with Gasteiger partial charge in [-0.1, -0.05) is 20.3 Å². The van der Waals surface area contributed by atoms with E-state index in [1.165, 1.54) is 12.2 Å². The molecule has 0 aromatic carbocycles. The maximum absolute atomic E-state index is 5.64. The van der Waals surface area contributed by atoms with Gasteiger partial charge < -0.3 is 4.42 Å². The van der Waals surface area contributed by atoms with Gasteiger partial charge in [0.1, 0.15) is 11.5 Å². The van der Waals surface area contributed by atoms with Crippen molar-refractivity contribution in [3.63, 3.8) is 0 Å². The summed E-state index contributed by atoms with van der Waals surface area (Å²) in [4.78, 5) is 0. The molecule has 86 valence electrons. The fourth-order valence-corrected chi connectivity index (χ4v) is 3.04. The fraction of sp³-hybridized carbons (Fsp3) is 0.667. The average molecular weight is 244 g/mol. The van der Waals surface area contributed by atoms with Crippen molar-refractivity contribution in [2.75, 3.05) is 11.5 Å². The molecule has 0 radical (unpaired) electrons. The number of thioether (sulfide) groups is 1. The number of thiol groups is 1. The zero-order valence-corrected chi connectivity index (χ0v) is 11.2. The summed E-state index contributed by atoms with van der Waals surface area (Å²) in [5.41, 5.74) is 0. The smallest absolute Gasteiger partial charge is 0.114 e. The lowest BCUT2D eigenvalue weighted by atomic mass is 10.2. The lowest BCUT2D eigenvalue weighted by Crippen LogP contribution is -2.03. The van der Waals surface area contributed by atoms with Gasteiger partial charge >= 0.3 is 0 Å². The van der Waals surface area contributed by atoms with E-state index in [0.29, 0.717) is 0 Å². The SMILES string of the molecule is CCc1ccc(CSCC(CC)CS)o1. The van der Waals surface area contributed by atoms with Crippen LogP contribution >= 0.6 is 24.4 Å². The second-order valence-electron chi connectivity index (χ2n) is 3.69. The van der Waals surface area contributed by atoms with Crippen LogP contribution in [0.2, 0.25) is 0 Å². The highest BCUT2D eigenvalue weighted by molar-refractivity contribution is 7.98. The third-order valence-electron chi connectivity index (χ3n) is 2.50. The minimum Gasteiger partial charge on any atom is -0.465 e. The van der Waals surface area contributed by atoms with Crippen LogP contribution in [0, 0.1) is 5.92 Å². The molecule has 3 heteroatoms. The van der Waals surface area contributed by atoms with Crippen molar-refractivity contribution < 1.29 is 4.42 Å². The Morgan fingerprint density at radius 3 is 2.60 bits per heavy atom. The van der Waals surface area contributed by atoms with Gasteiger partial charge in [-0.2, -0.15) is 24.4 Å². The van der Waals surface area contributed by atoms with E-state index in [-0.39, 0.29) is 0 Å². The third kappa shape index (κ3) is 4.56. The van der Waals surface area contributed by atoms with Crippen molar-refractivity contribution >= 4 is 24.4 Å². The van der Waals surface area contributed by atoms with Gasteiger partial charge in [-0.25, -0.2) is 0 Å². The van der Waals surface area contributed by atoms with E-state index in [1.54, 1.807) is 0 Å². The molecule has 0 fully saturated rings. The van der Waals surface area contributed by atoms with Crippen LogP contribution in [0.3, 0.4) is 0 Å². The summed E-state index contributed by atoms with van der Waals surface area (Å²) in [5, 5.41) is 0. The summed E-state index contributed by atoms with van der Waals surface area (Å²) in [6.45, 7) is 4.34. The lowest BCUT2D eigenvalue weighted by molar-refractivity contribution is 0.485. The van der Waals surface area contributed by atoms with E-state index in [9.17, 15) is 0 Å². The molecule has 15 heavy (non-hydrogen) atoms. The minimum absolute atomic E-state index is 0.735. The fourth-order valence-electron chi connectivity index (χ4n) is 1.32. The maximum atomic E-state index is 5.64. The molecule has 1 aromatic heterocycles. The summed E-state index contributed by atoms with van der Waals surface area (Å²) in [6.07, 6.45) is 2.20. The number of furan rings is 1. The topological polar surface area (TPSA) is 13.1 Å². The number of aryl methyl sites for hydroxylation is 1. The van der Waals surface area contributed by atoms with Gasteiger partial charge in [-0.15, -0.1) is 0 Å². The average Bonchev–Trinajstić information content (AvgIpc) is 2.72. The van der Waals surface area contributed by atoms with Crippen LogP contribution < -0.4 is 0 Å². The Balaban J connectivity index is 2.25. The van der Waals surface area contributed by atoms with Gasteiger partial charge in [0.25, 0.3) is 0 Å². The van der Waals surface area contributed by atoms with E-state index >= 15 is 0 Å². The van der Waals surface area contributed by atoms with E-state index in [0.717, 1.165) is 35.4 Å². The van der Waals surface area contributed by atoms with E-state index in [4.69, 9.17) is 4.42 Å². The second kappa shape index (κ2) is 7.29. The number of rotatable bonds is 7. The largest absolute Gasteiger partial charge is 0.465 e.